The molecule has 0 bridgehead atoms. The third-order valence-electron chi connectivity index (χ3n) is 11.1. The first kappa shape index (κ1) is 36.9. The number of ketones is 1. The van der Waals surface area contributed by atoms with Crippen molar-refractivity contribution in [3.05, 3.63) is 145 Å². The summed E-state index contributed by atoms with van der Waals surface area (Å²) in [5.74, 6) is 3.35. The second-order valence-electron chi connectivity index (χ2n) is 14.3. The van der Waals surface area contributed by atoms with Crippen LogP contribution in [0.3, 0.4) is 0 Å². The van der Waals surface area contributed by atoms with Crippen molar-refractivity contribution < 1.29 is 23.7 Å². The predicted molar refractivity (Wildman–Crippen MR) is 246 cm³/mol. The second-order valence-corrected chi connectivity index (χ2v) is 18.6. The lowest BCUT2D eigenvalue weighted by Gasteiger charge is -2.33. The Morgan fingerprint density at radius 1 is 0.400 bits per heavy atom. The highest BCUT2D eigenvalue weighted by molar-refractivity contribution is 8.00. The van der Waals surface area contributed by atoms with Gasteiger partial charge in [0.2, 0.25) is 0 Å². The van der Waals surface area contributed by atoms with E-state index in [-0.39, 0.29) is 5.78 Å². The van der Waals surface area contributed by atoms with E-state index < -0.39 is 0 Å². The molecule has 0 atom stereocenters. The van der Waals surface area contributed by atoms with E-state index in [4.69, 9.17) is 18.9 Å². The zero-order valence-electron chi connectivity index (χ0n) is 32.8. The number of fused-ring (bicyclic) bond motifs is 7. The Hall–Kier alpha value is -6.11. The standard InChI is InChI=1S/C49H34N2O5S4/c1-53-31-13-17-37-43(21-31)57-44-22-32(54-2)14-18-38(44)50(37)29-9-5-27(6-10-29)41-25-35-47(52)36-26-42(60-49(36)48(35)59-41)28-7-11-30(12-8-28)51-39-19-15-33(55-3)23-45(39)58-46-24-34(56-4)16-20-40(46)51/h5-26H,1-4H3. The van der Waals surface area contributed by atoms with Crippen molar-refractivity contribution in [3.8, 4) is 53.6 Å². The molecule has 0 radical (unpaired) electrons. The van der Waals surface area contributed by atoms with Crippen molar-refractivity contribution in [2.75, 3.05) is 38.2 Å². The lowest BCUT2D eigenvalue weighted by molar-refractivity contribution is 0.104. The van der Waals surface area contributed by atoms with Crippen molar-refractivity contribution in [2.24, 2.45) is 0 Å². The number of thiophene rings is 2. The van der Waals surface area contributed by atoms with Crippen molar-refractivity contribution in [1.82, 2.24) is 0 Å². The molecule has 11 rings (SSSR count). The van der Waals surface area contributed by atoms with Gasteiger partial charge >= 0.3 is 0 Å². The van der Waals surface area contributed by atoms with Gasteiger partial charge in [-0.3, -0.25) is 4.79 Å². The van der Waals surface area contributed by atoms with Crippen molar-refractivity contribution in [2.45, 2.75) is 19.6 Å². The molecule has 2 aromatic heterocycles. The molecular formula is C49H34N2O5S4. The number of rotatable bonds is 8. The van der Waals surface area contributed by atoms with Crippen LogP contribution in [0, 0.1) is 0 Å². The van der Waals surface area contributed by atoms with E-state index in [1.807, 2.05) is 24.3 Å². The van der Waals surface area contributed by atoms with E-state index in [0.717, 1.165) is 118 Å². The maximum absolute atomic E-state index is 13.9. The summed E-state index contributed by atoms with van der Waals surface area (Å²) in [6.07, 6.45) is 0. The van der Waals surface area contributed by atoms with Gasteiger partial charge in [0.25, 0.3) is 0 Å². The molecule has 1 aliphatic carbocycles. The molecule has 8 aromatic rings. The molecule has 0 amide bonds. The monoisotopic (exact) mass is 858 g/mol. The van der Waals surface area contributed by atoms with Crippen LogP contribution in [0.1, 0.15) is 15.9 Å². The van der Waals surface area contributed by atoms with Crippen molar-refractivity contribution >= 4 is 86.1 Å². The van der Waals surface area contributed by atoms with Crippen LogP contribution < -0.4 is 28.7 Å². The Labute approximate surface area is 363 Å². The van der Waals surface area contributed by atoms with Gasteiger partial charge in [0.15, 0.2) is 5.78 Å². The largest absolute Gasteiger partial charge is 0.497 e. The molecule has 0 saturated carbocycles. The average molecular weight is 859 g/mol. The maximum Gasteiger partial charge on any atom is 0.196 e. The number of carbonyl (C=O) groups excluding carboxylic acids is 1. The first-order valence-corrected chi connectivity index (χ1v) is 22.4. The van der Waals surface area contributed by atoms with E-state index in [9.17, 15) is 4.79 Å². The number of nitrogens with zero attached hydrogens (tertiary/aromatic N) is 2. The molecule has 7 nitrogen and oxygen atoms in total. The minimum atomic E-state index is 0.0908. The third kappa shape index (κ3) is 5.98. The van der Waals surface area contributed by atoms with Crippen LogP contribution in [0.4, 0.5) is 34.1 Å². The van der Waals surface area contributed by atoms with Gasteiger partial charge in [-0.25, -0.2) is 0 Å². The highest BCUT2D eigenvalue weighted by Gasteiger charge is 2.33. The molecule has 0 fully saturated rings. The molecular weight excluding hydrogens is 825 g/mol. The molecule has 0 saturated heterocycles. The Morgan fingerprint density at radius 2 is 0.717 bits per heavy atom. The van der Waals surface area contributed by atoms with Crippen LogP contribution in [-0.2, 0) is 0 Å². The number of hydrogen-bond donors (Lipinski definition) is 0. The van der Waals surface area contributed by atoms with Gasteiger partial charge in [-0.05, 0) is 120 Å². The van der Waals surface area contributed by atoms with Gasteiger partial charge in [-0.2, -0.15) is 0 Å². The van der Waals surface area contributed by atoms with E-state index >= 15 is 0 Å². The minimum absolute atomic E-state index is 0.0908. The van der Waals surface area contributed by atoms with Crippen LogP contribution in [0.15, 0.2) is 153 Å². The molecule has 0 unspecified atom stereocenters. The molecule has 3 aliphatic rings. The molecule has 2 aliphatic heterocycles. The molecule has 4 heterocycles. The van der Waals surface area contributed by atoms with Gasteiger partial charge in [0, 0.05) is 51.8 Å². The van der Waals surface area contributed by atoms with Gasteiger partial charge < -0.3 is 28.7 Å². The minimum Gasteiger partial charge on any atom is -0.497 e. The first-order chi connectivity index (χ1) is 29.4. The molecule has 294 valence electrons. The zero-order chi connectivity index (χ0) is 40.6. The van der Waals surface area contributed by atoms with E-state index in [0.29, 0.717) is 0 Å². The van der Waals surface area contributed by atoms with E-state index in [1.54, 1.807) is 74.6 Å². The van der Waals surface area contributed by atoms with Crippen molar-refractivity contribution in [3.63, 3.8) is 0 Å². The van der Waals surface area contributed by atoms with Gasteiger partial charge in [0.05, 0.1) is 60.9 Å². The van der Waals surface area contributed by atoms with Crippen LogP contribution in [0.5, 0.6) is 23.0 Å². The summed E-state index contributed by atoms with van der Waals surface area (Å²) in [5.41, 5.74) is 10.2. The van der Waals surface area contributed by atoms with Crippen LogP contribution >= 0.6 is 46.2 Å². The SMILES string of the molecule is COc1ccc2c(c1)Sc1cc(OC)ccc1N2c1ccc(-c2cc3c(s2)-c2sc(-c4ccc(N5c6ccc(OC)cc6Sc6cc(OC)ccc65)cc4)cc2C3=O)cc1. The second kappa shape index (κ2) is 14.6. The molecule has 11 heteroatoms. The number of hydrogen-bond acceptors (Lipinski definition) is 11. The van der Waals surface area contributed by atoms with Crippen LogP contribution in [0.25, 0.3) is 30.6 Å². The zero-order valence-corrected chi connectivity index (χ0v) is 36.0. The Morgan fingerprint density at radius 3 is 1.02 bits per heavy atom. The highest BCUT2D eigenvalue weighted by Crippen LogP contribution is 2.56. The van der Waals surface area contributed by atoms with E-state index in [2.05, 4.69) is 119 Å². The first-order valence-electron chi connectivity index (χ1n) is 19.1. The predicted octanol–water partition coefficient (Wildman–Crippen LogP) is 14.3. The fourth-order valence-corrected chi connectivity index (χ4v) is 12.7. The van der Waals surface area contributed by atoms with Gasteiger partial charge in [0.1, 0.15) is 23.0 Å². The summed E-state index contributed by atoms with van der Waals surface area (Å²) in [6.45, 7) is 0. The Balaban J connectivity index is 0.884. The number of anilines is 6. The fraction of sp³-hybridized carbons (Fsp3) is 0.0816. The van der Waals surface area contributed by atoms with Gasteiger partial charge in [-0.1, -0.05) is 47.8 Å². The summed E-state index contributed by atoms with van der Waals surface area (Å²) in [4.78, 5) is 27.1. The molecule has 0 N–H and O–H groups in total. The smallest absolute Gasteiger partial charge is 0.196 e. The Bertz CT molecular complexity index is 2720. The quantitative estimate of drug-likeness (QED) is 0.149. The van der Waals surface area contributed by atoms with Crippen molar-refractivity contribution in [1.29, 1.82) is 0 Å². The highest BCUT2D eigenvalue weighted by atomic mass is 32.2. The lowest BCUT2D eigenvalue weighted by Crippen LogP contribution is -2.14. The van der Waals surface area contributed by atoms with Crippen LogP contribution in [-0.4, -0.2) is 34.2 Å². The number of ether oxygens (including phenoxy) is 4. The average Bonchev–Trinajstić information content (AvgIpc) is 4.00. The summed E-state index contributed by atoms with van der Waals surface area (Å²) < 4.78 is 22.3. The number of benzene rings is 6. The normalized spacial score (nSPS) is 13.2. The third-order valence-corrected chi connectivity index (χ3v) is 15.8. The van der Waals surface area contributed by atoms with Crippen LogP contribution in [0.2, 0.25) is 0 Å². The number of methoxy groups -OCH3 is 4. The Kier molecular flexibility index (Phi) is 8.96. The fourth-order valence-electron chi connectivity index (χ4n) is 8.04. The van der Waals surface area contributed by atoms with Gasteiger partial charge in [-0.15, -0.1) is 22.7 Å². The topological polar surface area (TPSA) is 60.5 Å². The summed E-state index contributed by atoms with van der Waals surface area (Å²) in [7, 11) is 6.77. The summed E-state index contributed by atoms with van der Waals surface area (Å²) in [5, 5.41) is 0. The van der Waals surface area contributed by atoms with E-state index in [1.165, 1.54) is 0 Å². The molecule has 0 spiro atoms. The lowest BCUT2D eigenvalue weighted by atomic mass is 10.1. The molecule has 60 heavy (non-hydrogen) atoms. The number of carbonyl (C=O) groups is 1. The summed E-state index contributed by atoms with van der Waals surface area (Å²) in [6, 6.07) is 46.2. The molecule has 6 aromatic carbocycles. The summed E-state index contributed by atoms with van der Waals surface area (Å²) >= 11 is 6.80. The maximum atomic E-state index is 13.9.